The minimum absolute atomic E-state index is 0.0911. The smallest absolute Gasteiger partial charge is 0.408 e. The Hall–Kier alpha value is -2.64. The first-order valence-electron chi connectivity index (χ1n) is 10.9. The molecule has 1 unspecified atom stereocenters. The summed E-state index contributed by atoms with van der Waals surface area (Å²) < 4.78 is 5.34. The zero-order chi connectivity index (χ0) is 25.7. The number of alkyl carbamates (subject to hydrolysis) is 1. The Morgan fingerprint density at radius 2 is 1.74 bits per heavy atom. The summed E-state index contributed by atoms with van der Waals surface area (Å²) in [5, 5.41) is 6.38. The zero-order valence-electron chi connectivity index (χ0n) is 20.3. The lowest BCUT2D eigenvalue weighted by Gasteiger charge is -2.24. The molecular formula is C25H31Cl2N3O4. The van der Waals surface area contributed by atoms with Crippen LogP contribution in [-0.2, 0) is 22.4 Å². The number of halogens is 2. The standard InChI is InChI=1S/C25H31Cl2N3O4/c1-24(2,3)30-22(32)17-8-7-11-28-19(17)14-21(31)20(29-23(33)34-25(4,5)6)13-15-12-16(26)9-10-18(15)27/h7-12,20H,13-14H2,1-6H3,(H,29,33)(H,30,32). The predicted molar refractivity (Wildman–Crippen MR) is 133 cm³/mol. The van der Waals surface area contributed by atoms with Gasteiger partial charge >= 0.3 is 6.09 Å². The number of carbonyl (C=O) groups is 3. The fourth-order valence-electron chi connectivity index (χ4n) is 3.10. The third-order valence-electron chi connectivity index (χ3n) is 4.48. The van der Waals surface area contributed by atoms with E-state index in [1.165, 1.54) is 6.20 Å². The number of benzene rings is 1. The highest BCUT2D eigenvalue weighted by molar-refractivity contribution is 6.33. The summed E-state index contributed by atoms with van der Waals surface area (Å²) in [4.78, 5) is 42.8. The van der Waals surface area contributed by atoms with Gasteiger partial charge in [0, 0.05) is 28.2 Å². The highest BCUT2D eigenvalue weighted by Crippen LogP contribution is 2.23. The van der Waals surface area contributed by atoms with Gasteiger partial charge in [0.1, 0.15) is 5.60 Å². The number of nitrogens with zero attached hydrogens (tertiary/aromatic N) is 1. The van der Waals surface area contributed by atoms with E-state index in [0.717, 1.165) is 0 Å². The number of carbonyl (C=O) groups excluding carboxylic acids is 3. The van der Waals surface area contributed by atoms with Crippen molar-refractivity contribution in [3.05, 3.63) is 63.4 Å². The molecule has 0 saturated carbocycles. The fourth-order valence-corrected chi connectivity index (χ4v) is 3.49. The summed E-state index contributed by atoms with van der Waals surface area (Å²) in [6.45, 7) is 10.8. The summed E-state index contributed by atoms with van der Waals surface area (Å²) in [7, 11) is 0. The summed E-state index contributed by atoms with van der Waals surface area (Å²) in [5.74, 6) is -0.691. The second-order valence-corrected chi connectivity index (χ2v) is 10.8. The van der Waals surface area contributed by atoms with Crippen molar-refractivity contribution < 1.29 is 19.1 Å². The third kappa shape index (κ3) is 8.95. The number of rotatable bonds is 7. The van der Waals surface area contributed by atoms with Gasteiger partial charge in [-0.15, -0.1) is 0 Å². The molecule has 34 heavy (non-hydrogen) atoms. The van der Waals surface area contributed by atoms with Crippen molar-refractivity contribution in [1.29, 1.82) is 0 Å². The molecule has 9 heteroatoms. The quantitative estimate of drug-likeness (QED) is 0.538. The van der Waals surface area contributed by atoms with Gasteiger partial charge < -0.3 is 15.4 Å². The Morgan fingerprint density at radius 1 is 1.06 bits per heavy atom. The highest BCUT2D eigenvalue weighted by atomic mass is 35.5. The molecule has 0 bridgehead atoms. The molecule has 2 amide bonds. The Labute approximate surface area is 210 Å². The average molecular weight is 508 g/mol. The van der Waals surface area contributed by atoms with Crippen LogP contribution in [-0.4, -0.2) is 39.9 Å². The van der Waals surface area contributed by atoms with Crippen LogP contribution in [0.3, 0.4) is 0 Å². The van der Waals surface area contributed by atoms with Crippen LogP contribution in [0.5, 0.6) is 0 Å². The zero-order valence-corrected chi connectivity index (χ0v) is 21.8. The largest absolute Gasteiger partial charge is 0.444 e. The van der Waals surface area contributed by atoms with E-state index in [9.17, 15) is 14.4 Å². The Kier molecular flexibility index (Phi) is 9.08. The average Bonchev–Trinajstić information content (AvgIpc) is 2.67. The number of aromatic nitrogens is 1. The van der Waals surface area contributed by atoms with Gasteiger partial charge in [-0.25, -0.2) is 4.79 Å². The summed E-state index contributed by atoms with van der Waals surface area (Å²) in [6.07, 6.45) is 0.691. The molecule has 2 rings (SSSR count). The molecule has 0 aliphatic carbocycles. The minimum atomic E-state index is -0.980. The number of hydrogen-bond donors (Lipinski definition) is 2. The van der Waals surface area contributed by atoms with E-state index in [-0.39, 0.29) is 24.5 Å². The molecule has 2 N–H and O–H groups in total. The first-order chi connectivity index (χ1) is 15.6. The predicted octanol–water partition coefficient (Wildman–Crippen LogP) is 5.16. The number of pyridine rings is 1. The lowest BCUT2D eigenvalue weighted by molar-refractivity contribution is -0.120. The molecule has 1 aromatic carbocycles. The molecule has 0 saturated heterocycles. The lowest BCUT2D eigenvalue weighted by Crippen LogP contribution is -2.45. The Balaban J connectivity index is 2.32. The molecular weight excluding hydrogens is 477 g/mol. The van der Waals surface area contributed by atoms with Crippen LogP contribution in [0.25, 0.3) is 0 Å². The lowest BCUT2D eigenvalue weighted by atomic mass is 9.97. The van der Waals surface area contributed by atoms with Gasteiger partial charge in [-0.3, -0.25) is 14.6 Å². The van der Waals surface area contributed by atoms with E-state index < -0.39 is 23.3 Å². The van der Waals surface area contributed by atoms with E-state index in [1.807, 2.05) is 20.8 Å². The first kappa shape index (κ1) is 27.6. The van der Waals surface area contributed by atoms with Crippen LogP contribution >= 0.6 is 23.2 Å². The molecule has 0 aliphatic heterocycles. The second kappa shape index (κ2) is 11.2. The number of hydrogen-bond acceptors (Lipinski definition) is 5. The van der Waals surface area contributed by atoms with Gasteiger partial charge in [-0.1, -0.05) is 23.2 Å². The molecule has 0 aliphatic rings. The highest BCUT2D eigenvalue weighted by Gasteiger charge is 2.27. The molecule has 7 nitrogen and oxygen atoms in total. The van der Waals surface area contributed by atoms with Crippen LogP contribution in [0.2, 0.25) is 10.0 Å². The van der Waals surface area contributed by atoms with E-state index in [2.05, 4.69) is 15.6 Å². The second-order valence-electron chi connectivity index (χ2n) is 9.98. The molecule has 184 valence electrons. The van der Waals surface area contributed by atoms with Crippen LogP contribution < -0.4 is 10.6 Å². The van der Waals surface area contributed by atoms with Gasteiger partial charge in [-0.2, -0.15) is 0 Å². The fraction of sp³-hybridized carbons (Fsp3) is 0.440. The Morgan fingerprint density at radius 3 is 2.35 bits per heavy atom. The van der Waals surface area contributed by atoms with Crippen molar-refractivity contribution in [2.24, 2.45) is 0 Å². The van der Waals surface area contributed by atoms with E-state index >= 15 is 0 Å². The molecule has 1 aromatic heterocycles. The van der Waals surface area contributed by atoms with Crippen molar-refractivity contribution in [2.75, 3.05) is 0 Å². The molecule has 0 spiro atoms. The van der Waals surface area contributed by atoms with Gasteiger partial charge in [0.05, 0.1) is 23.7 Å². The van der Waals surface area contributed by atoms with Gasteiger partial charge in [0.2, 0.25) is 0 Å². The first-order valence-corrected chi connectivity index (χ1v) is 11.6. The number of Topliss-reactive ketones (excluding diaryl/α,β-unsaturated/α-hetero) is 1. The number of ether oxygens (including phenoxy) is 1. The minimum Gasteiger partial charge on any atom is -0.444 e. The van der Waals surface area contributed by atoms with Crippen LogP contribution in [0.4, 0.5) is 4.79 Å². The summed E-state index contributed by atoms with van der Waals surface area (Å²) in [5.41, 5.74) is -0.0107. The maximum Gasteiger partial charge on any atom is 0.408 e. The monoisotopic (exact) mass is 507 g/mol. The van der Waals surface area contributed by atoms with Gasteiger partial charge in [0.25, 0.3) is 5.91 Å². The van der Waals surface area contributed by atoms with Crippen molar-refractivity contribution in [2.45, 2.75) is 71.6 Å². The Bertz CT molecular complexity index is 1060. The van der Waals surface area contributed by atoms with Crippen molar-refractivity contribution >= 4 is 41.0 Å². The van der Waals surface area contributed by atoms with Crippen LogP contribution in [0.15, 0.2) is 36.5 Å². The number of nitrogens with one attached hydrogen (secondary N) is 2. The maximum absolute atomic E-state index is 13.4. The van der Waals surface area contributed by atoms with Crippen molar-refractivity contribution in [1.82, 2.24) is 15.6 Å². The number of amides is 2. The summed E-state index contributed by atoms with van der Waals surface area (Å²) >= 11 is 12.4. The van der Waals surface area contributed by atoms with E-state index in [1.54, 1.807) is 51.1 Å². The van der Waals surface area contributed by atoms with Gasteiger partial charge in [-0.05, 0) is 77.4 Å². The summed E-state index contributed by atoms with van der Waals surface area (Å²) in [6, 6.07) is 7.17. The molecule has 0 fully saturated rings. The van der Waals surface area contributed by atoms with Crippen molar-refractivity contribution in [3.63, 3.8) is 0 Å². The molecule has 2 aromatic rings. The van der Waals surface area contributed by atoms with Crippen LogP contribution in [0.1, 0.15) is 63.2 Å². The molecule has 0 radical (unpaired) electrons. The topological polar surface area (TPSA) is 97.4 Å². The maximum atomic E-state index is 13.4. The van der Waals surface area contributed by atoms with E-state index in [4.69, 9.17) is 27.9 Å². The molecule has 1 heterocycles. The number of ketones is 1. The van der Waals surface area contributed by atoms with Crippen LogP contribution in [0, 0.1) is 0 Å². The normalized spacial score (nSPS) is 12.6. The third-order valence-corrected chi connectivity index (χ3v) is 5.08. The SMILES string of the molecule is CC(C)(C)NC(=O)c1cccnc1CC(=O)C(Cc1cc(Cl)ccc1Cl)NC(=O)OC(C)(C)C. The molecule has 1 atom stereocenters. The van der Waals surface area contributed by atoms with Gasteiger partial charge in [0.15, 0.2) is 5.78 Å². The van der Waals surface area contributed by atoms with Crippen molar-refractivity contribution in [3.8, 4) is 0 Å². The van der Waals surface area contributed by atoms with E-state index in [0.29, 0.717) is 26.9 Å².